The van der Waals surface area contributed by atoms with Crippen LogP contribution in [0.15, 0.2) is 4.99 Å². The van der Waals surface area contributed by atoms with Crippen molar-refractivity contribution in [2.75, 3.05) is 40.3 Å². The van der Waals surface area contributed by atoms with Gasteiger partial charge in [0.05, 0.1) is 6.61 Å². The number of rotatable bonds is 5. The monoisotopic (exact) mass is 381 g/mol. The Hall–Kier alpha value is -1.99. The van der Waals surface area contributed by atoms with Gasteiger partial charge < -0.3 is 25.2 Å². The van der Waals surface area contributed by atoms with E-state index in [1.54, 1.807) is 23.9 Å². The van der Waals surface area contributed by atoms with Crippen LogP contribution in [0.4, 0.5) is 4.79 Å². The molecule has 1 aliphatic heterocycles. The lowest BCUT2D eigenvalue weighted by molar-refractivity contribution is -0.127. The SMILES string of the molecule is CCOC(=O)N1CCC(NC(=NCC(=O)N(C)C)NC2CCCCC2)CC1. The first-order valence-corrected chi connectivity index (χ1v) is 10.2. The lowest BCUT2D eigenvalue weighted by Crippen LogP contribution is -2.52. The summed E-state index contributed by atoms with van der Waals surface area (Å²) in [7, 11) is 3.48. The van der Waals surface area contributed by atoms with Crippen molar-refractivity contribution in [1.29, 1.82) is 0 Å². The van der Waals surface area contributed by atoms with E-state index in [1.165, 1.54) is 19.3 Å². The molecule has 8 heteroatoms. The summed E-state index contributed by atoms with van der Waals surface area (Å²) in [6, 6.07) is 0.652. The first-order chi connectivity index (χ1) is 13.0. The topological polar surface area (TPSA) is 86.3 Å². The Labute approximate surface area is 162 Å². The van der Waals surface area contributed by atoms with Crippen LogP contribution in [0.1, 0.15) is 51.9 Å². The molecule has 154 valence electrons. The fraction of sp³-hybridized carbons (Fsp3) is 0.842. The van der Waals surface area contributed by atoms with Crippen molar-refractivity contribution in [3.8, 4) is 0 Å². The number of guanidine groups is 1. The lowest BCUT2D eigenvalue weighted by atomic mass is 9.95. The summed E-state index contributed by atoms with van der Waals surface area (Å²) in [6.07, 6.45) is 7.50. The maximum Gasteiger partial charge on any atom is 0.409 e. The lowest BCUT2D eigenvalue weighted by Gasteiger charge is -2.33. The number of likely N-dealkylation sites (N-methyl/N-ethyl adjacent to an activating group) is 1. The van der Waals surface area contributed by atoms with Gasteiger partial charge in [0, 0.05) is 39.3 Å². The van der Waals surface area contributed by atoms with Crippen LogP contribution in [0.2, 0.25) is 0 Å². The summed E-state index contributed by atoms with van der Waals surface area (Å²) in [5.41, 5.74) is 0. The van der Waals surface area contributed by atoms with E-state index in [9.17, 15) is 9.59 Å². The third-order valence-corrected chi connectivity index (χ3v) is 5.18. The number of hydrogen-bond acceptors (Lipinski definition) is 4. The number of hydrogen-bond donors (Lipinski definition) is 2. The van der Waals surface area contributed by atoms with E-state index in [0.717, 1.165) is 25.7 Å². The summed E-state index contributed by atoms with van der Waals surface area (Å²) in [5.74, 6) is 0.698. The average Bonchev–Trinajstić information content (AvgIpc) is 2.67. The van der Waals surface area contributed by atoms with E-state index in [1.807, 2.05) is 6.92 Å². The van der Waals surface area contributed by atoms with Gasteiger partial charge in [-0.15, -0.1) is 0 Å². The Morgan fingerprint density at radius 3 is 2.19 bits per heavy atom. The van der Waals surface area contributed by atoms with Crippen LogP contribution in [0.3, 0.4) is 0 Å². The highest BCUT2D eigenvalue weighted by molar-refractivity contribution is 5.85. The van der Waals surface area contributed by atoms with Gasteiger partial charge in [0.15, 0.2) is 5.96 Å². The van der Waals surface area contributed by atoms with E-state index in [-0.39, 0.29) is 24.6 Å². The smallest absolute Gasteiger partial charge is 0.409 e. The van der Waals surface area contributed by atoms with Crippen LogP contribution in [-0.4, -0.2) is 80.2 Å². The molecule has 27 heavy (non-hydrogen) atoms. The van der Waals surface area contributed by atoms with Gasteiger partial charge in [0.25, 0.3) is 0 Å². The largest absolute Gasteiger partial charge is 0.450 e. The summed E-state index contributed by atoms with van der Waals surface area (Å²) >= 11 is 0. The Balaban J connectivity index is 1.90. The van der Waals surface area contributed by atoms with Crippen molar-refractivity contribution in [2.45, 2.75) is 64.0 Å². The number of piperidine rings is 1. The fourth-order valence-electron chi connectivity index (χ4n) is 3.48. The van der Waals surface area contributed by atoms with Gasteiger partial charge in [-0.25, -0.2) is 9.79 Å². The Kier molecular flexibility index (Phi) is 8.67. The minimum absolute atomic E-state index is 0.0168. The number of amides is 2. The van der Waals surface area contributed by atoms with E-state index < -0.39 is 0 Å². The fourth-order valence-corrected chi connectivity index (χ4v) is 3.48. The minimum Gasteiger partial charge on any atom is -0.450 e. The first kappa shape index (κ1) is 21.3. The molecule has 0 atom stereocenters. The number of carbonyl (C=O) groups is 2. The van der Waals surface area contributed by atoms with E-state index in [2.05, 4.69) is 15.6 Å². The van der Waals surface area contributed by atoms with Gasteiger partial charge in [0.1, 0.15) is 6.54 Å². The quantitative estimate of drug-likeness (QED) is 0.558. The molecule has 2 amide bonds. The molecule has 2 aliphatic rings. The van der Waals surface area contributed by atoms with Gasteiger partial charge in [-0.1, -0.05) is 19.3 Å². The van der Waals surface area contributed by atoms with Gasteiger partial charge in [0.2, 0.25) is 5.91 Å². The summed E-state index contributed by atoms with van der Waals surface area (Å²) < 4.78 is 5.07. The molecule has 0 radical (unpaired) electrons. The molecule has 1 saturated carbocycles. The number of nitrogens with zero attached hydrogens (tertiary/aromatic N) is 3. The van der Waals surface area contributed by atoms with Crippen LogP contribution < -0.4 is 10.6 Å². The molecule has 8 nitrogen and oxygen atoms in total. The second kappa shape index (κ2) is 11.0. The van der Waals surface area contributed by atoms with Crippen LogP contribution in [0.25, 0.3) is 0 Å². The summed E-state index contributed by atoms with van der Waals surface area (Å²) in [4.78, 5) is 31.6. The van der Waals surface area contributed by atoms with Crippen LogP contribution in [0, 0.1) is 0 Å². The van der Waals surface area contributed by atoms with E-state index in [4.69, 9.17) is 4.74 Å². The molecule has 0 spiro atoms. The van der Waals surface area contributed by atoms with Crippen LogP contribution in [-0.2, 0) is 9.53 Å². The Morgan fingerprint density at radius 1 is 1.04 bits per heavy atom. The van der Waals surface area contributed by atoms with Crippen molar-refractivity contribution in [2.24, 2.45) is 4.99 Å². The highest BCUT2D eigenvalue weighted by atomic mass is 16.6. The molecule has 1 aliphatic carbocycles. The molecule has 2 fully saturated rings. The molecule has 0 bridgehead atoms. The van der Waals surface area contributed by atoms with Crippen molar-refractivity contribution in [1.82, 2.24) is 20.4 Å². The minimum atomic E-state index is -0.234. The van der Waals surface area contributed by atoms with Crippen molar-refractivity contribution in [3.05, 3.63) is 0 Å². The van der Waals surface area contributed by atoms with Gasteiger partial charge in [-0.3, -0.25) is 4.79 Å². The third kappa shape index (κ3) is 7.27. The van der Waals surface area contributed by atoms with E-state index >= 15 is 0 Å². The standard InChI is InChI=1S/C19H35N5O3/c1-4-27-19(26)24-12-10-16(11-13-24)22-18(20-14-17(25)23(2)3)21-15-8-6-5-7-9-15/h15-16H,4-14H2,1-3H3,(H2,20,21,22). The second-order valence-corrected chi connectivity index (χ2v) is 7.54. The number of ether oxygens (including phenoxy) is 1. The first-order valence-electron chi connectivity index (χ1n) is 10.2. The van der Waals surface area contributed by atoms with Crippen molar-refractivity contribution >= 4 is 18.0 Å². The average molecular weight is 382 g/mol. The van der Waals surface area contributed by atoms with Crippen LogP contribution in [0.5, 0.6) is 0 Å². The predicted octanol–water partition coefficient (Wildman–Crippen LogP) is 1.56. The molecule has 1 heterocycles. The van der Waals surface area contributed by atoms with Crippen molar-refractivity contribution in [3.63, 3.8) is 0 Å². The van der Waals surface area contributed by atoms with E-state index in [0.29, 0.717) is 31.7 Å². The molecule has 2 N–H and O–H groups in total. The predicted molar refractivity (Wildman–Crippen MR) is 106 cm³/mol. The van der Waals surface area contributed by atoms with Gasteiger partial charge >= 0.3 is 6.09 Å². The zero-order valence-electron chi connectivity index (χ0n) is 17.0. The molecular weight excluding hydrogens is 346 g/mol. The number of nitrogens with one attached hydrogen (secondary N) is 2. The van der Waals surface area contributed by atoms with Gasteiger partial charge in [-0.2, -0.15) is 0 Å². The highest BCUT2D eigenvalue weighted by Crippen LogP contribution is 2.17. The maximum absolute atomic E-state index is 11.9. The molecule has 2 rings (SSSR count). The Bertz CT molecular complexity index is 509. The maximum atomic E-state index is 11.9. The number of likely N-dealkylation sites (tertiary alicyclic amines) is 1. The Morgan fingerprint density at radius 2 is 1.63 bits per heavy atom. The molecule has 1 saturated heterocycles. The number of aliphatic imine (C=N–C) groups is 1. The summed E-state index contributed by atoms with van der Waals surface area (Å²) in [6.45, 7) is 3.70. The molecule has 0 aromatic carbocycles. The van der Waals surface area contributed by atoms with Crippen LogP contribution >= 0.6 is 0 Å². The van der Waals surface area contributed by atoms with Gasteiger partial charge in [-0.05, 0) is 32.6 Å². The molecule has 0 unspecified atom stereocenters. The second-order valence-electron chi connectivity index (χ2n) is 7.54. The molecule has 0 aromatic rings. The zero-order chi connectivity index (χ0) is 19.6. The molecular formula is C19H35N5O3. The highest BCUT2D eigenvalue weighted by Gasteiger charge is 2.25. The zero-order valence-corrected chi connectivity index (χ0v) is 17.0. The number of carbonyl (C=O) groups excluding carboxylic acids is 2. The summed E-state index contributed by atoms with van der Waals surface area (Å²) in [5, 5.41) is 6.99. The third-order valence-electron chi connectivity index (χ3n) is 5.18. The molecule has 0 aromatic heterocycles. The van der Waals surface area contributed by atoms with Crippen molar-refractivity contribution < 1.29 is 14.3 Å². The normalized spacial score (nSPS) is 19.5.